The number of benzene rings is 2. The third-order valence-corrected chi connectivity index (χ3v) is 3.10. The molecule has 0 bridgehead atoms. The molecule has 0 N–H and O–H groups in total. The van der Waals surface area contributed by atoms with Gasteiger partial charge in [0.05, 0.1) is 16.9 Å². The van der Waals surface area contributed by atoms with Crippen molar-refractivity contribution in [3.05, 3.63) is 60.3 Å². The molecule has 1 heterocycles. The lowest BCUT2D eigenvalue weighted by Gasteiger charge is -2.06. The van der Waals surface area contributed by atoms with Gasteiger partial charge >= 0.3 is 0 Å². The van der Waals surface area contributed by atoms with Gasteiger partial charge in [0.2, 0.25) is 0 Å². The van der Waals surface area contributed by atoms with Gasteiger partial charge in [0.25, 0.3) is 0 Å². The maximum absolute atomic E-state index is 11.5. The van der Waals surface area contributed by atoms with Gasteiger partial charge in [0, 0.05) is 11.8 Å². The predicted octanol–water partition coefficient (Wildman–Crippen LogP) is 3.16. The van der Waals surface area contributed by atoms with Crippen LogP contribution < -0.4 is 0 Å². The van der Waals surface area contributed by atoms with Crippen molar-refractivity contribution >= 4 is 16.7 Å². The molecule has 3 heteroatoms. The van der Waals surface area contributed by atoms with Gasteiger partial charge in [-0.25, -0.2) is 4.68 Å². The van der Waals surface area contributed by atoms with Gasteiger partial charge in [0.1, 0.15) is 5.78 Å². The van der Waals surface area contributed by atoms with Crippen LogP contribution in [-0.2, 0) is 11.2 Å². The van der Waals surface area contributed by atoms with Crippen LogP contribution in [0.4, 0.5) is 0 Å². The molecule has 0 fully saturated rings. The van der Waals surface area contributed by atoms with Crippen LogP contribution in [0.15, 0.2) is 54.6 Å². The van der Waals surface area contributed by atoms with E-state index in [0.29, 0.717) is 6.42 Å². The van der Waals surface area contributed by atoms with E-state index in [9.17, 15) is 4.79 Å². The molecule has 0 atom stereocenters. The summed E-state index contributed by atoms with van der Waals surface area (Å²) >= 11 is 0. The number of hydrogen-bond donors (Lipinski definition) is 0. The summed E-state index contributed by atoms with van der Waals surface area (Å²) in [5, 5.41) is 5.64. The minimum absolute atomic E-state index is 0.142. The number of carbonyl (C=O) groups is 1. The molecule has 0 spiro atoms. The van der Waals surface area contributed by atoms with Gasteiger partial charge < -0.3 is 0 Å². The molecule has 0 radical (unpaired) electrons. The van der Waals surface area contributed by atoms with Crippen molar-refractivity contribution in [3.63, 3.8) is 0 Å². The molecule has 0 aliphatic heterocycles. The van der Waals surface area contributed by atoms with Gasteiger partial charge in [-0.15, -0.1) is 0 Å². The molecule has 1 aromatic heterocycles. The summed E-state index contributed by atoms with van der Waals surface area (Å²) in [5.41, 5.74) is 2.85. The zero-order chi connectivity index (χ0) is 13.2. The van der Waals surface area contributed by atoms with Crippen LogP contribution in [0.2, 0.25) is 0 Å². The van der Waals surface area contributed by atoms with Crippen molar-refractivity contribution in [3.8, 4) is 5.69 Å². The minimum atomic E-state index is 0.142. The van der Waals surface area contributed by atoms with Crippen LogP contribution in [0.25, 0.3) is 16.6 Å². The summed E-state index contributed by atoms with van der Waals surface area (Å²) in [6.07, 6.45) is 0.398. The maximum atomic E-state index is 11.5. The van der Waals surface area contributed by atoms with Gasteiger partial charge in [-0.05, 0) is 25.1 Å². The molecule has 0 aliphatic rings. The van der Waals surface area contributed by atoms with E-state index in [1.54, 1.807) is 6.92 Å². The summed E-state index contributed by atoms with van der Waals surface area (Å²) in [6.45, 7) is 1.61. The van der Waals surface area contributed by atoms with Crippen LogP contribution in [-0.4, -0.2) is 15.6 Å². The number of hydrogen-bond acceptors (Lipinski definition) is 2. The molecule has 2 aromatic carbocycles. The molecule has 0 unspecified atom stereocenters. The van der Waals surface area contributed by atoms with Crippen molar-refractivity contribution in [2.45, 2.75) is 13.3 Å². The fourth-order valence-corrected chi connectivity index (χ4v) is 2.28. The van der Waals surface area contributed by atoms with E-state index < -0.39 is 0 Å². The molecule has 94 valence electrons. The Kier molecular flexibility index (Phi) is 2.88. The largest absolute Gasteiger partial charge is 0.300 e. The van der Waals surface area contributed by atoms with E-state index in [1.165, 1.54) is 0 Å². The van der Waals surface area contributed by atoms with Gasteiger partial charge in [-0.3, -0.25) is 4.79 Å². The number of fused-ring (bicyclic) bond motifs is 1. The summed E-state index contributed by atoms with van der Waals surface area (Å²) < 4.78 is 1.87. The van der Waals surface area contributed by atoms with Crippen molar-refractivity contribution in [1.29, 1.82) is 0 Å². The zero-order valence-corrected chi connectivity index (χ0v) is 10.7. The number of para-hydroxylation sites is 1. The first-order chi connectivity index (χ1) is 9.25. The monoisotopic (exact) mass is 250 g/mol. The van der Waals surface area contributed by atoms with E-state index in [2.05, 4.69) is 5.10 Å². The van der Waals surface area contributed by atoms with Gasteiger partial charge in [-0.2, -0.15) is 5.10 Å². The van der Waals surface area contributed by atoms with Crippen LogP contribution in [0, 0.1) is 0 Å². The maximum Gasteiger partial charge on any atom is 0.135 e. The Morgan fingerprint density at radius 1 is 1.05 bits per heavy atom. The number of carbonyl (C=O) groups excluding carboxylic acids is 1. The number of rotatable bonds is 3. The zero-order valence-electron chi connectivity index (χ0n) is 10.7. The lowest BCUT2D eigenvalue weighted by Crippen LogP contribution is -2.06. The van der Waals surface area contributed by atoms with Crippen molar-refractivity contribution in [2.24, 2.45) is 0 Å². The average Bonchev–Trinajstić information content (AvgIpc) is 2.78. The fourth-order valence-electron chi connectivity index (χ4n) is 2.28. The first-order valence-corrected chi connectivity index (χ1v) is 6.27. The Balaban J connectivity index is 2.26. The number of nitrogens with zero attached hydrogens (tertiary/aromatic N) is 2. The molecule has 0 saturated heterocycles. The molecular weight excluding hydrogens is 236 g/mol. The van der Waals surface area contributed by atoms with E-state index in [1.807, 2.05) is 59.3 Å². The Labute approximate surface area is 111 Å². The van der Waals surface area contributed by atoms with Crippen LogP contribution >= 0.6 is 0 Å². The topological polar surface area (TPSA) is 34.9 Å². The second-order valence-corrected chi connectivity index (χ2v) is 4.59. The van der Waals surface area contributed by atoms with Crippen molar-refractivity contribution in [1.82, 2.24) is 9.78 Å². The third kappa shape index (κ3) is 2.15. The highest BCUT2D eigenvalue weighted by atomic mass is 16.1. The van der Waals surface area contributed by atoms with Gasteiger partial charge in [0.15, 0.2) is 0 Å². The molecule has 3 rings (SSSR count). The molecule has 3 aromatic rings. The lowest BCUT2D eigenvalue weighted by atomic mass is 10.1. The molecule has 3 nitrogen and oxygen atoms in total. The van der Waals surface area contributed by atoms with Crippen molar-refractivity contribution < 1.29 is 4.79 Å². The summed E-state index contributed by atoms with van der Waals surface area (Å²) in [4.78, 5) is 11.5. The highest BCUT2D eigenvalue weighted by molar-refractivity contribution is 5.88. The normalized spacial score (nSPS) is 10.8. The standard InChI is InChI=1S/C16H14N2O/c1-12(19)11-16-14-9-5-6-10-15(14)17-18(16)13-7-3-2-4-8-13/h2-10H,11H2,1H3. The first-order valence-electron chi connectivity index (χ1n) is 6.27. The van der Waals surface area contributed by atoms with Gasteiger partial charge in [-0.1, -0.05) is 36.4 Å². The highest BCUT2D eigenvalue weighted by Crippen LogP contribution is 2.22. The summed E-state index contributed by atoms with van der Waals surface area (Å²) in [7, 11) is 0. The Hall–Kier alpha value is -2.42. The Morgan fingerprint density at radius 3 is 2.47 bits per heavy atom. The highest BCUT2D eigenvalue weighted by Gasteiger charge is 2.13. The fraction of sp³-hybridized carbons (Fsp3) is 0.125. The summed E-state index contributed by atoms with van der Waals surface area (Å²) in [6, 6.07) is 17.8. The van der Waals surface area contributed by atoms with E-state index in [4.69, 9.17) is 0 Å². The molecule has 19 heavy (non-hydrogen) atoms. The Morgan fingerprint density at radius 2 is 1.74 bits per heavy atom. The first kappa shape index (κ1) is 11.7. The minimum Gasteiger partial charge on any atom is -0.300 e. The SMILES string of the molecule is CC(=O)Cc1c2ccccc2nn1-c1ccccc1. The van der Waals surface area contributed by atoms with Crippen molar-refractivity contribution in [2.75, 3.05) is 0 Å². The molecule has 0 saturated carbocycles. The van der Waals surface area contributed by atoms with Crippen LogP contribution in [0.3, 0.4) is 0 Å². The lowest BCUT2D eigenvalue weighted by molar-refractivity contribution is -0.116. The molecule has 0 amide bonds. The Bertz CT molecular complexity index is 729. The van der Waals surface area contributed by atoms with E-state index in [0.717, 1.165) is 22.3 Å². The quantitative estimate of drug-likeness (QED) is 0.715. The molecule has 0 aliphatic carbocycles. The van der Waals surface area contributed by atoms with E-state index >= 15 is 0 Å². The van der Waals surface area contributed by atoms with Crippen LogP contribution in [0.5, 0.6) is 0 Å². The summed E-state index contributed by atoms with van der Waals surface area (Å²) in [5.74, 6) is 0.142. The molecular formula is C16H14N2O. The van der Waals surface area contributed by atoms with E-state index in [-0.39, 0.29) is 5.78 Å². The number of ketones is 1. The van der Waals surface area contributed by atoms with Crippen LogP contribution in [0.1, 0.15) is 12.6 Å². The average molecular weight is 250 g/mol. The smallest absolute Gasteiger partial charge is 0.135 e. The third-order valence-electron chi connectivity index (χ3n) is 3.10. The number of aromatic nitrogens is 2. The second kappa shape index (κ2) is 4.69. The predicted molar refractivity (Wildman–Crippen MR) is 75.5 cm³/mol. The second-order valence-electron chi connectivity index (χ2n) is 4.59. The number of Topliss-reactive ketones (excluding diaryl/α,β-unsaturated/α-hetero) is 1.